The van der Waals surface area contributed by atoms with Crippen LogP contribution in [0, 0.1) is 18.3 Å². The van der Waals surface area contributed by atoms with Crippen LogP contribution in [0.4, 0.5) is 13.2 Å². The molecule has 0 saturated heterocycles. The van der Waals surface area contributed by atoms with Crippen molar-refractivity contribution >= 4 is 5.91 Å². The van der Waals surface area contributed by atoms with Crippen LogP contribution in [0.3, 0.4) is 0 Å². The zero-order valence-corrected chi connectivity index (χ0v) is 16.6. The first-order valence-corrected chi connectivity index (χ1v) is 8.90. The van der Waals surface area contributed by atoms with Gasteiger partial charge in [-0.05, 0) is 49.7 Å². The van der Waals surface area contributed by atoms with Gasteiger partial charge < -0.3 is 14.8 Å². The summed E-state index contributed by atoms with van der Waals surface area (Å²) in [5, 5.41) is 11.9. The second-order valence-electron chi connectivity index (χ2n) is 6.02. The van der Waals surface area contributed by atoms with Gasteiger partial charge in [-0.3, -0.25) is 4.79 Å². The van der Waals surface area contributed by atoms with Gasteiger partial charge in [0.2, 0.25) is 0 Å². The van der Waals surface area contributed by atoms with Gasteiger partial charge in [-0.25, -0.2) is 0 Å². The lowest BCUT2D eigenvalue weighted by molar-refractivity contribution is -0.274. The number of amides is 1. The molecular formula is C21H23F3N2O3. The molecule has 29 heavy (non-hydrogen) atoms. The molecule has 0 bridgehead atoms. The number of nitriles is 1. The third kappa shape index (κ3) is 7.74. The second kappa shape index (κ2) is 10.4. The van der Waals surface area contributed by atoms with E-state index in [1.807, 2.05) is 39.0 Å². The van der Waals surface area contributed by atoms with E-state index in [-0.39, 0.29) is 12.2 Å². The van der Waals surface area contributed by atoms with E-state index in [2.05, 4.69) is 10.1 Å². The van der Waals surface area contributed by atoms with E-state index in [9.17, 15) is 23.2 Å². The lowest BCUT2D eigenvalue weighted by Gasteiger charge is -2.24. The number of nitrogens with one attached hydrogen (secondary N) is 1. The average molecular weight is 408 g/mol. The van der Waals surface area contributed by atoms with Gasteiger partial charge in [0.05, 0.1) is 6.07 Å². The predicted molar refractivity (Wildman–Crippen MR) is 103 cm³/mol. The SMILES string of the molecule is CC.Cc1ccccc1OCC(C)(C#N)NC(=O)c1ccc(OC(F)(F)F)cc1. The molecule has 0 spiro atoms. The summed E-state index contributed by atoms with van der Waals surface area (Å²) in [7, 11) is 0. The van der Waals surface area contributed by atoms with Crippen LogP contribution in [0.5, 0.6) is 11.5 Å². The molecule has 8 heteroatoms. The van der Waals surface area contributed by atoms with E-state index in [0.29, 0.717) is 5.75 Å². The molecule has 0 aliphatic carbocycles. The minimum absolute atomic E-state index is 0.0851. The van der Waals surface area contributed by atoms with Crippen molar-refractivity contribution < 1.29 is 27.4 Å². The summed E-state index contributed by atoms with van der Waals surface area (Å²) >= 11 is 0. The number of benzene rings is 2. The van der Waals surface area contributed by atoms with Crippen molar-refractivity contribution in [1.82, 2.24) is 5.32 Å². The number of nitrogens with zero attached hydrogens (tertiary/aromatic N) is 1. The summed E-state index contributed by atoms with van der Waals surface area (Å²) in [6, 6.07) is 13.6. The van der Waals surface area contributed by atoms with Crippen LogP contribution in [0.2, 0.25) is 0 Å². The van der Waals surface area contributed by atoms with Crippen LogP contribution in [-0.2, 0) is 0 Å². The zero-order valence-electron chi connectivity index (χ0n) is 16.6. The molecule has 1 atom stereocenters. The molecule has 5 nitrogen and oxygen atoms in total. The number of carbonyl (C=O) groups excluding carboxylic acids is 1. The molecular weight excluding hydrogens is 385 g/mol. The third-order valence-corrected chi connectivity index (χ3v) is 3.60. The first kappa shape index (κ1) is 23.8. The Morgan fingerprint density at radius 1 is 1.10 bits per heavy atom. The maximum Gasteiger partial charge on any atom is 0.573 e. The van der Waals surface area contributed by atoms with Crippen molar-refractivity contribution in [3.05, 3.63) is 59.7 Å². The molecule has 2 aromatic rings. The number of hydrogen-bond acceptors (Lipinski definition) is 4. The summed E-state index contributed by atoms with van der Waals surface area (Å²) in [6.07, 6.45) is -4.81. The Morgan fingerprint density at radius 3 is 2.21 bits per heavy atom. The summed E-state index contributed by atoms with van der Waals surface area (Å²) < 4.78 is 45.9. The van der Waals surface area contributed by atoms with E-state index in [1.165, 1.54) is 19.1 Å². The fraction of sp³-hybridized carbons (Fsp3) is 0.333. The number of aryl methyl sites for hydroxylation is 1. The highest BCUT2D eigenvalue weighted by Crippen LogP contribution is 2.23. The fourth-order valence-corrected chi connectivity index (χ4v) is 2.17. The fourth-order valence-electron chi connectivity index (χ4n) is 2.17. The third-order valence-electron chi connectivity index (χ3n) is 3.60. The monoisotopic (exact) mass is 408 g/mol. The number of alkyl halides is 3. The van der Waals surface area contributed by atoms with Crippen molar-refractivity contribution in [1.29, 1.82) is 5.26 Å². The minimum atomic E-state index is -4.81. The highest BCUT2D eigenvalue weighted by molar-refractivity contribution is 5.95. The Morgan fingerprint density at radius 2 is 1.69 bits per heavy atom. The van der Waals surface area contributed by atoms with Gasteiger partial charge in [0.25, 0.3) is 5.91 Å². The van der Waals surface area contributed by atoms with Crippen LogP contribution in [0.1, 0.15) is 36.7 Å². The molecule has 1 N–H and O–H groups in total. The number of hydrogen-bond donors (Lipinski definition) is 1. The van der Waals surface area contributed by atoms with Crippen LogP contribution in [0.15, 0.2) is 48.5 Å². The molecule has 0 aromatic heterocycles. The van der Waals surface area contributed by atoms with Gasteiger partial charge in [0, 0.05) is 5.56 Å². The molecule has 156 valence electrons. The van der Waals surface area contributed by atoms with E-state index < -0.39 is 23.6 Å². The maximum atomic E-state index is 12.3. The highest BCUT2D eigenvalue weighted by atomic mass is 19.4. The summed E-state index contributed by atoms with van der Waals surface area (Å²) in [6.45, 7) is 7.24. The van der Waals surface area contributed by atoms with Gasteiger partial charge in [-0.1, -0.05) is 32.0 Å². The molecule has 0 radical (unpaired) electrons. The molecule has 0 aliphatic rings. The average Bonchev–Trinajstić information content (AvgIpc) is 2.68. The van der Waals surface area contributed by atoms with Crippen LogP contribution in [-0.4, -0.2) is 24.4 Å². The Balaban J connectivity index is 0.00000204. The number of rotatable bonds is 6. The van der Waals surface area contributed by atoms with Crippen LogP contribution < -0.4 is 14.8 Å². The van der Waals surface area contributed by atoms with Crippen molar-refractivity contribution in [2.75, 3.05) is 6.61 Å². The molecule has 0 aliphatic heterocycles. The van der Waals surface area contributed by atoms with Gasteiger partial charge in [0.1, 0.15) is 18.1 Å². The van der Waals surface area contributed by atoms with Crippen molar-refractivity contribution in [3.8, 4) is 17.6 Å². The van der Waals surface area contributed by atoms with E-state index in [1.54, 1.807) is 12.1 Å². The molecule has 1 amide bonds. The van der Waals surface area contributed by atoms with Crippen molar-refractivity contribution in [2.24, 2.45) is 0 Å². The smallest absolute Gasteiger partial charge is 0.490 e. The van der Waals surface area contributed by atoms with Gasteiger partial charge in [-0.2, -0.15) is 5.26 Å². The van der Waals surface area contributed by atoms with E-state index >= 15 is 0 Å². The second-order valence-corrected chi connectivity index (χ2v) is 6.02. The molecule has 0 heterocycles. The quantitative estimate of drug-likeness (QED) is 0.729. The van der Waals surface area contributed by atoms with E-state index in [4.69, 9.17) is 4.74 Å². The molecule has 1 unspecified atom stereocenters. The van der Waals surface area contributed by atoms with Crippen LogP contribution >= 0.6 is 0 Å². The van der Waals surface area contributed by atoms with Crippen molar-refractivity contribution in [2.45, 2.75) is 39.6 Å². The first-order chi connectivity index (χ1) is 13.6. The molecule has 0 saturated carbocycles. The largest absolute Gasteiger partial charge is 0.573 e. The van der Waals surface area contributed by atoms with Crippen LogP contribution in [0.25, 0.3) is 0 Å². The lowest BCUT2D eigenvalue weighted by Crippen LogP contribution is -2.49. The first-order valence-electron chi connectivity index (χ1n) is 8.90. The minimum Gasteiger partial charge on any atom is -0.490 e. The summed E-state index contributed by atoms with van der Waals surface area (Å²) in [4.78, 5) is 12.3. The predicted octanol–water partition coefficient (Wildman–Crippen LogP) is 5.01. The highest BCUT2D eigenvalue weighted by Gasteiger charge is 2.31. The van der Waals surface area contributed by atoms with Crippen molar-refractivity contribution in [3.63, 3.8) is 0 Å². The Labute approximate surface area is 168 Å². The topological polar surface area (TPSA) is 71.3 Å². The van der Waals surface area contributed by atoms with E-state index in [0.717, 1.165) is 17.7 Å². The molecule has 2 rings (SSSR count). The number of halogens is 3. The van der Waals surface area contributed by atoms with Gasteiger partial charge in [-0.15, -0.1) is 13.2 Å². The number of ether oxygens (including phenoxy) is 2. The molecule has 2 aromatic carbocycles. The Kier molecular flexibility index (Phi) is 8.52. The standard InChI is InChI=1S/C19H17F3N2O3.C2H6/c1-13-5-3-4-6-16(13)26-12-18(2,11-23)24-17(25)14-7-9-15(10-8-14)27-19(20,21)22;1-2/h3-10H,12H2,1-2H3,(H,24,25);1-2H3. The molecule has 0 fully saturated rings. The normalized spacial score (nSPS) is 12.5. The summed E-state index contributed by atoms with van der Waals surface area (Å²) in [5.74, 6) is -0.474. The van der Waals surface area contributed by atoms with Gasteiger partial charge in [0.15, 0.2) is 5.54 Å². The van der Waals surface area contributed by atoms with Gasteiger partial charge >= 0.3 is 6.36 Å². The number of carbonyl (C=O) groups is 1. The maximum absolute atomic E-state index is 12.3. The Hall–Kier alpha value is -3.21. The Bertz CT molecular complexity index is 845. The summed E-state index contributed by atoms with van der Waals surface area (Å²) in [5.41, 5.74) is -0.369. The lowest BCUT2D eigenvalue weighted by atomic mass is 10.0. The zero-order chi connectivity index (χ0) is 22.1. The number of para-hydroxylation sites is 1.